The molecule has 2 aliphatic rings. The van der Waals surface area contributed by atoms with Gasteiger partial charge in [-0.3, -0.25) is 14.4 Å². The summed E-state index contributed by atoms with van der Waals surface area (Å²) in [6.45, 7) is 2.35. The van der Waals surface area contributed by atoms with Crippen LogP contribution in [-0.2, 0) is 15.8 Å². The van der Waals surface area contributed by atoms with Crippen molar-refractivity contribution in [3.63, 3.8) is 0 Å². The fraction of sp³-hybridized carbons (Fsp3) is 0.619. The van der Waals surface area contributed by atoms with Crippen molar-refractivity contribution >= 4 is 17.7 Å². The van der Waals surface area contributed by atoms with E-state index in [1.54, 1.807) is 0 Å². The largest absolute Gasteiger partial charge is 0.431 e. The maximum Gasteiger partial charge on any atom is 0.431 e. The van der Waals surface area contributed by atoms with E-state index in [0.717, 1.165) is 18.9 Å². The van der Waals surface area contributed by atoms with Gasteiger partial charge < -0.3 is 20.9 Å². The van der Waals surface area contributed by atoms with Gasteiger partial charge in [0.15, 0.2) is 0 Å². The van der Waals surface area contributed by atoms with Crippen molar-refractivity contribution in [1.29, 1.82) is 5.26 Å². The molecule has 1 saturated carbocycles. The van der Waals surface area contributed by atoms with Crippen LogP contribution in [0.5, 0.6) is 0 Å². The molecule has 8 nitrogen and oxygen atoms in total. The number of halogens is 4. The van der Waals surface area contributed by atoms with Gasteiger partial charge >= 0.3 is 6.18 Å². The highest BCUT2D eigenvalue weighted by Crippen LogP contribution is 2.46. The highest BCUT2D eigenvalue weighted by Gasteiger charge is 2.52. The number of rotatable bonds is 8. The molecule has 2 heterocycles. The third kappa shape index (κ3) is 6.24. The summed E-state index contributed by atoms with van der Waals surface area (Å²) in [6.07, 6.45) is -2.82. The van der Waals surface area contributed by atoms with Crippen LogP contribution in [0.15, 0.2) is 12.1 Å². The number of nitrogens with zero attached hydrogens (tertiary/aromatic N) is 1. The maximum absolute atomic E-state index is 14.3. The van der Waals surface area contributed by atoms with Gasteiger partial charge in [0.25, 0.3) is 5.91 Å². The van der Waals surface area contributed by atoms with Gasteiger partial charge in [-0.1, -0.05) is 0 Å². The lowest BCUT2D eigenvalue weighted by Gasteiger charge is -2.25. The first-order valence-corrected chi connectivity index (χ1v) is 10.5. The van der Waals surface area contributed by atoms with Crippen LogP contribution in [0.4, 0.5) is 17.6 Å². The Morgan fingerprint density at radius 1 is 1.24 bits per heavy atom. The monoisotopic (exact) mass is 471 g/mol. The number of alkyl halides is 4. The number of nitrogens with one attached hydrogen (secondary N) is 4. The van der Waals surface area contributed by atoms with E-state index >= 15 is 0 Å². The minimum Gasteiger partial charge on any atom is -0.350 e. The lowest BCUT2D eigenvalue weighted by molar-refractivity contribution is -0.140. The molecule has 1 aromatic rings. The molecule has 2 fully saturated rings. The lowest BCUT2D eigenvalue weighted by Crippen LogP contribution is -2.51. The summed E-state index contributed by atoms with van der Waals surface area (Å²) in [4.78, 5) is 39.3. The average molecular weight is 471 g/mol. The number of carbonyl (C=O) groups is 3. The second-order valence-electron chi connectivity index (χ2n) is 9.33. The smallest absolute Gasteiger partial charge is 0.350 e. The maximum atomic E-state index is 14.3. The molecule has 3 atom stereocenters. The Kier molecular flexibility index (Phi) is 6.46. The van der Waals surface area contributed by atoms with E-state index < -0.39 is 59.5 Å². The van der Waals surface area contributed by atoms with Gasteiger partial charge in [0.05, 0.1) is 6.07 Å². The van der Waals surface area contributed by atoms with E-state index in [4.69, 9.17) is 0 Å². The zero-order chi connectivity index (χ0) is 24.6. The van der Waals surface area contributed by atoms with Gasteiger partial charge in [0.2, 0.25) is 11.8 Å². The van der Waals surface area contributed by atoms with Crippen LogP contribution in [0.3, 0.4) is 0 Å². The third-order valence-electron chi connectivity index (χ3n) is 5.79. The molecule has 12 heteroatoms. The summed E-state index contributed by atoms with van der Waals surface area (Å²) in [7, 11) is 0. The molecule has 0 radical (unpaired) electrons. The Morgan fingerprint density at radius 3 is 2.39 bits per heavy atom. The molecule has 1 aliphatic heterocycles. The first-order valence-electron chi connectivity index (χ1n) is 10.5. The molecule has 1 saturated heterocycles. The van der Waals surface area contributed by atoms with E-state index in [9.17, 15) is 37.2 Å². The van der Waals surface area contributed by atoms with Crippen molar-refractivity contribution in [2.24, 2.45) is 5.92 Å². The molecule has 3 rings (SSSR count). The fourth-order valence-corrected chi connectivity index (χ4v) is 3.97. The number of hydrogen-bond acceptors (Lipinski definition) is 4. The standard InChI is InChI=1S/C21H25F4N5O3/c1-19(2,22)9-14(29-17(32)13-3-4-15(28-13)21(23,24)25)18(33)27-12(10-26)7-11-8-20(5-6-20)30-16(11)31/h3-4,11-12,14,28H,5-9H2,1-2H3,(H,27,33)(H,29,32)(H,30,31)/t11-,12+,14+/m1/s1. The number of aromatic amines is 1. The zero-order valence-electron chi connectivity index (χ0n) is 18.1. The summed E-state index contributed by atoms with van der Waals surface area (Å²) in [6, 6.07) is 0.954. The summed E-state index contributed by atoms with van der Waals surface area (Å²) >= 11 is 0. The molecule has 3 amide bonds. The predicted octanol–water partition coefficient (Wildman–Crippen LogP) is 2.34. The number of carbonyl (C=O) groups excluding carboxylic acids is 3. The van der Waals surface area contributed by atoms with Crippen molar-refractivity contribution in [3.8, 4) is 6.07 Å². The summed E-state index contributed by atoms with van der Waals surface area (Å²) in [5.74, 6) is -2.55. The number of hydrogen-bond donors (Lipinski definition) is 4. The van der Waals surface area contributed by atoms with E-state index in [2.05, 4.69) is 16.0 Å². The van der Waals surface area contributed by atoms with Crippen molar-refractivity contribution in [2.75, 3.05) is 0 Å². The van der Waals surface area contributed by atoms with Crippen LogP contribution in [0.25, 0.3) is 0 Å². The van der Waals surface area contributed by atoms with Gasteiger partial charge in [0, 0.05) is 17.9 Å². The SMILES string of the molecule is CC(C)(F)C[C@H](NC(=O)c1ccc(C(F)(F)F)[nH]1)C(=O)N[C@H](C#N)C[C@@H]1CC2(CC2)NC1=O. The topological polar surface area (TPSA) is 127 Å². The molecule has 0 aromatic carbocycles. The first kappa shape index (κ1) is 24.5. The normalized spacial score (nSPS) is 21.1. The van der Waals surface area contributed by atoms with Crippen LogP contribution in [0, 0.1) is 17.2 Å². The van der Waals surface area contributed by atoms with E-state index in [1.807, 2.05) is 11.1 Å². The molecule has 33 heavy (non-hydrogen) atoms. The van der Waals surface area contributed by atoms with Crippen molar-refractivity contribution < 1.29 is 31.9 Å². The molecule has 1 aliphatic carbocycles. The molecule has 180 valence electrons. The fourth-order valence-electron chi connectivity index (χ4n) is 3.97. The second-order valence-corrected chi connectivity index (χ2v) is 9.33. The molecule has 0 bridgehead atoms. The quantitative estimate of drug-likeness (QED) is 0.434. The molecular formula is C21H25F4N5O3. The van der Waals surface area contributed by atoms with Gasteiger partial charge in [-0.15, -0.1) is 0 Å². The van der Waals surface area contributed by atoms with Crippen molar-refractivity contribution in [1.82, 2.24) is 20.9 Å². The van der Waals surface area contributed by atoms with Gasteiger partial charge in [-0.25, -0.2) is 4.39 Å². The number of aromatic nitrogens is 1. The Bertz CT molecular complexity index is 972. The summed E-state index contributed by atoms with van der Waals surface area (Å²) in [5.41, 5.74) is -3.71. The number of H-pyrrole nitrogens is 1. The average Bonchev–Trinajstić information content (AvgIpc) is 3.11. The molecule has 4 N–H and O–H groups in total. The van der Waals surface area contributed by atoms with Crippen LogP contribution in [0.1, 0.15) is 62.1 Å². The Balaban J connectivity index is 1.66. The van der Waals surface area contributed by atoms with Crippen LogP contribution < -0.4 is 16.0 Å². The van der Waals surface area contributed by atoms with Gasteiger partial charge in [-0.2, -0.15) is 18.4 Å². The zero-order valence-corrected chi connectivity index (χ0v) is 18.1. The lowest BCUT2D eigenvalue weighted by atomic mass is 9.95. The van der Waals surface area contributed by atoms with E-state index in [0.29, 0.717) is 12.5 Å². The van der Waals surface area contributed by atoms with Crippen LogP contribution in [-0.4, -0.2) is 46.0 Å². The highest BCUT2D eigenvalue weighted by atomic mass is 19.4. The molecule has 0 unspecified atom stereocenters. The highest BCUT2D eigenvalue weighted by molar-refractivity contribution is 5.96. The molecular weight excluding hydrogens is 446 g/mol. The van der Waals surface area contributed by atoms with Crippen molar-refractivity contribution in [2.45, 2.75) is 75.4 Å². The number of amides is 3. The summed E-state index contributed by atoms with van der Waals surface area (Å²) in [5, 5.41) is 17.0. The van der Waals surface area contributed by atoms with Gasteiger partial charge in [0.1, 0.15) is 29.1 Å². The van der Waals surface area contributed by atoms with Crippen molar-refractivity contribution in [3.05, 3.63) is 23.5 Å². The number of nitriles is 1. The van der Waals surface area contributed by atoms with E-state index in [1.165, 1.54) is 13.8 Å². The predicted molar refractivity (Wildman–Crippen MR) is 107 cm³/mol. The molecule has 1 spiro atoms. The van der Waals surface area contributed by atoms with Crippen LogP contribution in [0.2, 0.25) is 0 Å². The second kappa shape index (κ2) is 8.68. The minimum atomic E-state index is -4.69. The Hall–Kier alpha value is -3.10. The third-order valence-corrected chi connectivity index (χ3v) is 5.79. The minimum absolute atomic E-state index is 0.0566. The Morgan fingerprint density at radius 2 is 1.91 bits per heavy atom. The summed E-state index contributed by atoms with van der Waals surface area (Å²) < 4.78 is 52.6. The molecule has 1 aromatic heterocycles. The first-order chi connectivity index (χ1) is 15.2. The Labute approximate surface area is 187 Å². The van der Waals surface area contributed by atoms with E-state index in [-0.39, 0.29) is 17.9 Å². The van der Waals surface area contributed by atoms with Crippen LogP contribution >= 0.6 is 0 Å². The van der Waals surface area contributed by atoms with Gasteiger partial charge in [-0.05, 0) is 51.7 Å².